The average Bonchev–Trinajstić information content (AvgIpc) is 2.84. The number of nitrogens with one attached hydrogen (secondary N) is 2. The van der Waals surface area contributed by atoms with Gasteiger partial charge in [0.25, 0.3) is 5.91 Å². The molecule has 1 aliphatic heterocycles. The van der Waals surface area contributed by atoms with Gasteiger partial charge in [-0.1, -0.05) is 12.0 Å². The molecule has 1 saturated heterocycles. The fraction of sp³-hybridized carbons (Fsp3) is 0.154. The van der Waals surface area contributed by atoms with Crippen LogP contribution >= 0.6 is 0 Å². The van der Waals surface area contributed by atoms with Crippen molar-refractivity contribution in [1.82, 2.24) is 9.88 Å². The van der Waals surface area contributed by atoms with Crippen LogP contribution in [0.1, 0.15) is 27.9 Å². The van der Waals surface area contributed by atoms with Crippen LogP contribution in [0.25, 0.3) is 0 Å². The van der Waals surface area contributed by atoms with Crippen LogP contribution in [-0.2, 0) is 4.79 Å². The molecule has 2 N–H and O–H groups in total. The molecule has 0 unspecified atom stereocenters. The fourth-order valence-corrected chi connectivity index (χ4v) is 3.60. The number of rotatable bonds is 7. The van der Waals surface area contributed by atoms with Gasteiger partial charge < -0.3 is 15.0 Å². The molecular formula is C26H23N5O3. The highest BCUT2D eigenvalue weighted by Gasteiger charge is 2.23. The number of likely N-dealkylation sites (tertiary alicyclic amines) is 1. The lowest BCUT2D eigenvalue weighted by Crippen LogP contribution is -2.42. The summed E-state index contributed by atoms with van der Waals surface area (Å²) in [7, 11) is 1.47. The van der Waals surface area contributed by atoms with Gasteiger partial charge in [-0.15, -0.1) is 6.42 Å². The maximum Gasteiger partial charge on any atom is 0.259 e. The predicted octanol–water partition coefficient (Wildman–Crippen LogP) is 3.65. The number of pyridine rings is 1. The third-order valence-corrected chi connectivity index (χ3v) is 5.57. The summed E-state index contributed by atoms with van der Waals surface area (Å²) in [5.74, 6) is 3.15. The van der Waals surface area contributed by atoms with E-state index in [0.717, 1.165) is 25.1 Å². The number of methoxy groups -OCH3 is 1. The van der Waals surface area contributed by atoms with Crippen molar-refractivity contribution < 1.29 is 14.3 Å². The maximum atomic E-state index is 13.1. The Hall–Kier alpha value is -4.64. The van der Waals surface area contributed by atoms with Gasteiger partial charge in [-0.25, -0.2) is 4.98 Å². The Bertz CT molecular complexity index is 1260. The Labute approximate surface area is 197 Å². The number of para-hydroxylation sites is 1. The molecule has 1 aromatic heterocycles. The summed E-state index contributed by atoms with van der Waals surface area (Å²) in [6.45, 7) is 1.75. The molecule has 0 radical (unpaired) electrons. The van der Waals surface area contributed by atoms with Crippen molar-refractivity contribution in [2.45, 2.75) is 6.42 Å². The van der Waals surface area contributed by atoms with Gasteiger partial charge in [0.05, 0.1) is 12.7 Å². The van der Waals surface area contributed by atoms with E-state index in [1.54, 1.807) is 54.6 Å². The van der Waals surface area contributed by atoms with Gasteiger partial charge in [0.15, 0.2) is 0 Å². The molecule has 0 atom stereocenters. The van der Waals surface area contributed by atoms with Crippen LogP contribution in [0.3, 0.4) is 0 Å². The van der Waals surface area contributed by atoms with Crippen molar-refractivity contribution in [3.05, 3.63) is 77.5 Å². The number of ether oxygens (including phenoxy) is 1. The van der Waals surface area contributed by atoms with Crippen molar-refractivity contribution in [3.8, 4) is 18.1 Å². The predicted molar refractivity (Wildman–Crippen MR) is 131 cm³/mol. The molecule has 34 heavy (non-hydrogen) atoms. The summed E-state index contributed by atoms with van der Waals surface area (Å²) in [4.78, 5) is 32.8. The van der Waals surface area contributed by atoms with Crippen LogP contribution in [0.2, 0.25) is 0 Å². The minimum absolute atomic E-state index is 0.228. The summed E-state index contributed by atoms with van der Waals surface area (Å²) in [5.41, 5.74) is 2.41. The summed E-state index contributed by atoms with van der Waals surface area (Å²) < 4.78 is 5.48. The number of benzene rings is 2. The first-order valence-electron chi connectivity index (χ1n) is 10.6. The standard InChI is InChI=1S/C26H23N5O3/c1-3-18-8-13-23(28-16-18)29-26(33)21-6-4-7-22(34-2)24(21)31(17-32)20-11-9-19(10-12-20)25(27)30-14-5-15-30/h1,4,6-13,16-17,27H,5,14-15H2,2H3,(H,28,29,33). The maximum absolute atomic E-state index is 13.1. The van der Waals surface area contributed by atoms with Crippen LogP contribution in [-0.4, -0.2) is 48.2 Å². The van der Waals surface area contributed by atoms with E-state index in [1.807, 2.05) is 4.90 Å². The highest BCUT2D eigenvalue weighted by molar-refractivity contribution is 6.11. The molecule has 4 rings (SSSR count). The van der Waals surface area contributed by atoms with Crippen molar-refractivity contribution >= 4 is 35.3 Å². The van der Waals surface area contributed by atoms with Crippen LogP contribution in [0.5, 0.6) is 5.75 Å². The first kappa shape index (κ1) is 22.6. The number of hydrogen-bond acceptors (Lipinski definition) is 5. The van der Waals surface area contributed by atoms with Crippen LogP contribution in [0.15, 0.2) is 60.8 Å². The molecule has 0 bridgehead atoms. The zero-order valence-corrected chi connectivity index (χ0v) is 18.6. The van der Waals surface area contributed by atoms with E-state index in [2.05, 4.69) is 16.2 Å². The molecule has 2 heterocycles. The van der Waals surface area contributed by atoms with Crippen molar-refractivity contribution in [2.24, 2.45) is 0 Å². The molecule has 0 spiro atoms. The fourth-order valence-electron chi connectivity index (χ4n) is 3.60. The van der Waals surface area contributed by atoms with Crippen molar-refractivity contribution in [2.75, 3.05) is 30.4 Å². The second-order valence-electron chi connectivity index (χ2n) is 7.60. The monoisotopic (exact) mass is 453 g/mol. The quantitative estimate of drug-likeness (QED) is 0.246. The summed E-state index contributed by atoms with van der Waals surface area (Å²) in [5, 5.41) is 11.0. The number of amides is 2. The van der Waals surface area contributed by atoms with E-state index in [-0.39, 0.29) is 5.56 Å². The Morgan fingerprint density at radius 1 is 1.21 bits per heavy atom. The molecule has 0 aliphatic carbocycles. The largest absolute Gasteiger partial charge is 0.495 e. The van der Waals surface area contributed by atoms with E-state index in [4.69, 9.17) is 16.6 Å². The third kappa shape index (κ3) is 4.45. The molecule has 2 amide bonds. The van der Waals surface area contributed by atoms with Gasteiger partial charge in [-0.2, -0.15) is 0 Å². The average molecular weight is 454 g/mol. The van der Waals surface area contributed by atoms with E-state index in [0.29, 0.717) is 40.8 Å². The highest BCUT2D eigenvalue weighted by atomic mass is 16.5. The summed E-state index contributed by atoms with van der Waals surface area (Å²) in [6.07, 6.45) is 8.55. The lowest BCUT2D eigenvalue weighted by molar-refractivity contribution is -0.106. The van der Waals surface area contributed by atoms with Gasteiger partial charge in [-0.3, -0.25) is 19.9 Å². The summed E-state index contributed by atoms with van der Waals surface area (Å²) >= 11 is 0. The second kappa shape index (κ2) is 9.88. The first-order valence-corrected chi connectivity index (χ1v) is 10.6. The minimum atomic E-state index is -0.460. The number of amidine groups is 1. The summed E-state index contributed by atoms with van der Waals surface area (Å²) in [6, 6.07) is 15.3. The van der Waals surface area contributed by atoms with Gasteiger partial charge >= 0.3 is 0 Å². The topological polar surface area (TPSA) is 98.6 Å². The zero-order chi connectivity index (χ0) is 24.1. The van der Waals surface area contributed by atoms with Gasteiger partial charge in [0.1, 0.15) is 23.1 Å². The number of carbonyl (C=O) groups is 2. The van der Waals surface area contributed by atoms with Gasteiger partial charge in [0, 0.05) is 36.1 Å². The zero-order valence-electron chi connectivity index (χ0n) is 18.6. The number of carbonyl (C=O) groups excluding carboxylic acids is 2. The lowest BCUT2D eigenvalue weighted by Gasteiger charge is -2.33. The second-order valence-corrected chi connectivity index (χ2v) is 7.60. The van der Waals surface area contributed by atoms with E-state index < -0.39 is 5.91 Å². The minimum Gasteiger partial charge on any atom is -0.495 e. The van der Waals surface area contributed by atoms with Crippen LogP contribution in [0.4, 0.5) is 17.2 Å². The number of hydrogen-bond donors (Lipinski definition) is 2. The highest BCUT2D eigenvalue weighted by Crippen LogP contribution is 2.36. The van der Waals surface area contributed by atoms with Crippen molar-refractivity contribution in [1.29, 1.82) is 5.41 Å². The number of anilines is 3. The molecule has 0 saturated carbocycles. The Morgan fingerprint density at radius 2 is 1.97 bits per heavy atom. The Kier molecular flexibility index (Phi) is 6.55. The van der Waals surface area contributed by atoms with Crippen LogP contribution < -0.4 is 15.0 Å². The van der Waals surface area contributed by atoms with Gasteiger partial charge in [-0.05, 0) is 55.0 Å². The molecule has 8 heteroatoms. The van der Waals surface area contributed by atoms with Crippen LogP contribution in [0, 0.1) is 17.8 Å². The van der Waals surface area contributed by atoms with Crippen molar-refractivity contribution in [3.63, 3.8) is 0 Å². The van der Waals surface area contributed by atoms with E-state index in [9.17, 15) is 9.59 Å². The van der Waals surface area contributed by atoms with E-state index >= 15 is 0 Å². The molecule has 3 aromatic rings. The number of nitrogens with zero attached hydrogens (tertiary/aromatic N) is 3. The molecule has 1 fully saturated rings. The smallest absolute Gasteiger partial charge is 0.259 e. The molecule has 1 aliphatic rings. The number of aromatic nitrogens is 1. The number of terminal acetylenes is 1. The molecular weight excluding hydrogens is 430 g/mol. The first-order chi connectivity index (χ1) is 16.5. The molecule has 170 valence electrons. The SMILES string of the molecule is C#Cc1ccc(NC(=O)c2cccc(OC)c2N(C=O)c2ccc(C(=N)N3CCC3)cc2)nc1. The lowest BCUT2D eigenvalue weighted by atomic mass is 10.1. The van der Waals surface area contributed by atoms with E-state index in [1.165, 1.54) is 18.2 Å². The Balaban J connectivity index is 1.66. The van der Waals surface area contributed by atoms with Gasteiger partial charge in [0.2, 0.25) is 6.41 Å². The third-order valence-electron chi connectivity index (χ3n) is 5.57. The molecule has 2 aromatic carbocycles. The molecule has 8 nitrogen and oxygen atoms in total. The Morgan fingerprint density at radius 3 is 2.53 bits per heavy atom. The normalized spacial score (nSPS) is 12.2.